The molecule has 0 fully saturated rings. The van der Waals surface area contributed by atoms with Gasteiger partial charge in [-0.3, -0.25) is 14.9 Å². The van der Waals surface area contributed by atoms with Crippen molar-refractivity contribution >= 4 is 17.3 Å². The summed E-state index contributed by atoms with van der Waals surface area (Å²) in [5.41, 5.74) is 1.83. The van der Waals surface area contributed by atoms with Gasteiger partial charge in [-0.05, 0) is 31.0 Å². The molecule has 1 aromatic rings. The molecule has 102 valence electrons. The Balaban J connectivity index is 2.87. The Bertz CT molecular complexity index is 512. The number of nitro groups is 1. The normalized spacial score (nSPS) is 10.0. The van der Waals surface area contributed by atoms with Crippen LogP contribution in [0.2, 0.25) is 0 Å². The maximum Gasteiger partial charge on any atom is 0.293 e. The summed E-state index contributed by atoms with van der Waals surface area (Å²) in [6.45, 7) is 7.73. The first-order valence-electron chi connectivity index (χ1n) is 5.82. The molecule has 0 spiro atoms. The van der Waals surface area contributed by atoms with Crippen LogP contribution in [0.25, 0.3) is 0 Å². The predicted molar refractivity (Wildman–Crippen MR) is 74.3 cm³/mol. The van der Waals surface area contributed by atoms with Gasteiger partial charge in [-0.2, -0.15) is 0 Å². The third kappa shape index (κ3) is 4.18. The molecule has 0 unspecified atom stereocenters. The van der Waals surface area contributed by atoms with E-state index in [2.05, 4.69) is 17.2 Å². The zero-order chi connectivity index (χ0) is 14.4. The number of benzene rings is 1. The van der Waals surface area contributed by atoms with E-state index in [0.717, 1.165) is 11.1 Å². The van der Waals surface area contributed by atoms with E-state index in [1.165, 1.54) is 6.07 Å². The van der Waals surface area contributed by atoms with Crippen LogP contribution in [0.3, 0.4) is 0 Å². The summed E-state index contributed by atoms with van der Waals surface area (Å²) in [7, 11) is 0. The molecule has 1 amide bonds. The van der Waals surface area contributed by atoms with Crippen LogP contribution in [0.1, 0.15) is 11.1 Å². The van der Waals surface area contributed by atoms with Gasteiger partial charge >= 0.3 is 0 Å². The molecule has 6 heteroatoms. The highest BCUT2D eigenvalue weighted by molar-refractivity contribution is 5.94. The van der Waals surface area contributed by atoms with Gasteiger partial charge in [-0.15, -0.1) is 6.58 Å². The van der Waals surface area contributed by atoms with E-state index in [9.17, 15) is 14.9 Å². The number of nitro benzene ring substituents is 1. The van der Waals surface area contributed by atoms with Gasteiger partial charge in [0.2, 0.25) is 5.91 Å². The molecule has 0 radical (unpaired) electrons. The number of amides is 1. The van der Waals surface area contributed by atoms with Gasteiger partial charge in [-0.1, -0.05) is 6.08 Å². The smallest absolute Gasteiger partial charge is 0.293 e. The zero-order valence-corrected chi connectivity index (χ0v) is 11.0. The highest BCUT2D eigenvalue weighted by Gasteiger charge is 2.17. The second-order valence-electron chi connectivity index (χ2n) is 4.18. The van der Waals surface area contributed by atoms with Crippen molar-refractivity contribution in [1.82, 2.24) is 5.32 Å². The highest BCUT2D eigenvalue weighted by atomic mass is 16.6. The van der Waals surface area contributed by atoms with Crippen LogP contribution in [0.15, 0.2) is 24.8 Å². The summed E-state index contributed by atoms with van der Waals surface area (Å²) in [5.74, 6) is -0.326. The van der Waals surface area contributed by atoms with E-state index in [0.29, 0.717) is 6.54 Å². The average Bonchev–Trinajstić information content (AvgIpc) is 2.33. The number of rotatable bonds is 6. The Labute approximate surface area is 111 Å². The van der Waals surface area contributed by atoms with Crippen LogP contribution in [0.5, 0.6) is 0 Å². The third-order valence-corrected chi connectivity index (χ3v) is 2.66. The first-order valence-corrected chi connectivity index (χ1v) is 5.82. The van der Waals surface area contributed by atoms with Gasteiger partial charge in [0.1, 0.15) is 5.69 Å². The third-order valence-electron chi connectivity index (χ3n) is 2.66. The summed E-state index contributed by atoms with van der Waals surface area (Å²) in [5, 5.41) is 16.3. The molecule has 0 saturated heterocycles. The molecule has 0 aromatic heterocycles. The first kappa shape index (κ1) is 14.8. The molecule has 6 nitrogen and oxygen atoms in total. The van der Waals surface area contributed by atoms with Gasteiger partial charge in [0, 0.05) is 12.6 Å². The maximum atomic E-state index is 11.6. The molecule has 0 atom stereocenters. The minimum Gasteiger partial charge on any atom is -0.319 e. The molecule has 19 heavy (non-hydrogen) atoms. The largest absolute Gasteiger partial charge is 0.319 e. The summed E-state index contributed by atoms with van der Waals surface area (Å²) in [4.78, 5) is 22.1. The van der Waals surface area contributed by atoms with E-state index >= 15 is 0 Å². The molecule has 0 aliphatic carbocycles. The van der Waals surface area contributed by atoms with E-state index in [4.69, 9.17) is 0 Å². The van der Waals surface area contributed by atoms with Crippen LogP contribution >= 0.6 is 0 Å². The van der Waals surface area contributed by atoms with Crippen LogP contribution in [0, 0.1) is 24.0 Å². The van der Waals surface area contributed by atoms with Crippen molar-refractivity contribution in [3.63, 3.8) is 0 Å². The predicted octanol–water partition coefficient (Wildman–Crippen LogP) is 1.93. The monoisotopic (exact) mass is 263 g/mol. The van der Waals surface area contributed by atoms with E-state index in [1.807, 2.05) is 6.92 Å². The summed E-state index contributed by atoms with van der Waals surface area (Å²) in [6, 6.07) is 3.07. The summed E-state index contributed by atoms with van der Waals surface area (Å²) < 4.78 is 0. The lowest BCUT2D eigenvalue weighted by Gasteiger charge is -2.09. The van der Waals surface area contributed by atoms with E-state index < -0.39 is 4.92 Å². The van der Waals surface area contributed by atoms with Crippen molar-refractivity contribution in [3.8, 4) is 0 Å². The molecule has 0 aliphatic heterocycles. The van der Waals surface area contributed by atoms with E-state index in [-0.39, 0.29) is 23.8 Å². The first-order chi connectivity index (χ1) is 8.95. The number of aryl methyl sites for hydroxylation is 2. The number of hydrogen-bond donors (Lipinski definition) is 2. The van der Waals surface area contributed by atoms with Crippen LogP contribution in [-0.2, 0) is 4.79 Å². The fourth-order valence-electron chi connectivity index (χ4n) is 1.53. The molecule has 0 saturated carbocycles. The Hall–Kier alpha value is -2.21. The van der Waals surface area contributed by atoms with Crippen molar-refractivity contribution in [2.24, 2.45) is 0 Å². The number of carbonyl (C=O) groups is 1. The highest BCUT2D eigenvalue weighted by Crippen LogP contribution is 2.27. The minimum atomic E-state index is -0.501. The molecular weight excluding hydrogens is 246 g/mol. The summed E-state index contributed by atoms with van der Waals surface area (Å²) in [6.07, 6.45) is 1.63. The quantitative estimate of drug-likeness (QED) is 0.355. The molecule has 1 rings (SSSR count). The van der Waals surface area contributed by atoms with Gasteiger partial charge in [0.25, 0.3) is 5.69 Å². The number of nitrogens with one attached hydrogen (secondary N) is 2. The minimum absolute atomic E-state index is 0.0795. The van der Waals surface area contributed by atoms with Crippen molar-refractivity contribution in [1.29, 1.82) is 0 Å². The molecular formula is C13H17N3O3. The number of nitrogens with zero attached hydrogens (tertiary/aromatic N) is 1. The fraction of sp³-hybridized carbons (Fsp3) is 0.308. The number of anilines is 1. The Morgan fingerprint density at radius 2 is 2.05 bits per heavy atom. The van der Waals surface area contributed by atoms with Crippen LogP contribution in [0.4, 0.5) is 11.4 Å². The molecule has 0 bridgehead atoms. The number of hydrogen-bond acceptors (Lipinski definition) is 4. The lowest BCUT2D eigenvalue weighted by molar-refractivity contribution is -0.384. The fourth-order valence-corrected chi connectivity index (χ4v) is 1.53. The number of carbonyl (C=O) groups excluding carboxylic acids is 1. The van der Waals surface area contributed by atoms with E-state index in [1.54, 1.807) is 19.1 Å². The van der Waals surface area contributed by atoms with Crippen LogP contribution in [-0.4, -0.2) is 23.9 Å². The molecule has 1 aromatic carbocycles. The zero-order valence-electron chi connectivity index (χ0n) is 11.0. The average molecular weight is 263 g/mol. The van der Waals surface area contributed by atoms with Crippen molar-refractivity contribution in [2.75, 3.05) is 18.4 Å². The van der Waals surface area contributed by atoms with Crippen molar-refractivity contribution in [2.45, 2.75) is 13.8 Å². The van der Waals surface area contributed by atoms with Gasteiger partial charge in [0.05, 0.1) is 11.5 Å². The van der Waals surface area contributed by atoms with Crippen LogP contribution < -0.4 is 10.6 Å². The second-order valence-corrected chi connectivity index (χ2v) is 4.18. The lowest BCUT2D eigenvalue weighted by atomic mass is 10.1. The SMILES string of the molecule is C=CCNCC(=O)Nc1cc(C)c(C)cc1[N+](=O)[O-]. The maximum absolute atomic E-state index is 11.6. The molecule has 0 aliphatic rings. The van der Waals surface area contributed by atoms with Crippen molar-refractivity contribution < 1.29 is 9.72 Å². The topological polar surface area (TPSA) is 84.3 Å². The Morgan fingerprint density at radius 1 is 1.42 bits per heavy atom. The standard InChI is InChI=1S/C13H17N3O3/c1-4-5-14-8-13(17)15-11-6-9(2)10(3)7-12(11)16(18)19/h4,6-7,14H,1,5,8H2,2-3H3,(H,15,17). The lowest BCUT2D eigenvalue weighted by Crippen LogP contribution is -2.28. The van der Waals surface area contributed by atoms with Gasteiger partial charge < -0.3 is 10.6 Å². The van der Waals surface area contributed by atoms with Crippen molar-refractivity contribution in [3.05, 3.63) is 46.0 Å². The van der Waals surface area contributed by atoms with Gasteiger partial charge in [-0.25, -0.2) is 0 Å². The second kappa shape index (κ2) is 6.65. The Kier molecular flexibility index (Phi) is 5.20. The van der Waals surface area contributed by atoms with Gasteiger partial charge in [0.15, 0.2) is 0 Å². The molecule has 0 heterocycles. The summed E-state index contributed by atoms with van der Waals surface area (Å²) >= 11 is 0. The molecule has 2 N–H and O–H groups in total. The Morgan fingerprint density at radius 3 is 2.63 bits per heavy atom.